The number of aryl methyl sites for hydroxylation is 1. The Labute approximate surface area is 128 Å². The molecular formula is C16H17ClN2O2. The monoisotopic (exact) mass is 304 g/mol. The molecule has 1 saturated heterocycles. The van der Waals surface area contributed by atoms with Crippen LogP contribution in [0.25, 0.3) is 10.9 Å². The standard InChI is InChI=1S/C16H17ClN2O2/c1-10-3-5-12(17)11-4-6-13(18-14(10)11)19-8-7-16(2,9-19)15(20)21/h3-6H,7-9H2,1-2H3,(H,20,21). The summed E-state index contributed by atoms with van der Waals surface area (Å²) >= 11 is 6.20. The van der Waals surface area contributed by atoms with Gasteiger partial charge in [0.2, 0.25) is 0 Å². The minimum Gasteiger partial charge on any atom is -0.481 e. The zero-order valence-corrected chi connectivity index (χ0v) is 12.8. The van der Waals surface area contributed by atoms with Gasteiger partial charge in [0.05, 0.1) is 10.9 Å². The molecule has 0 radical (unpaired) electrons. The van der Waals surface area contributed by atoms with E-state index in [1.165, 1.54) is 0 Å². The molecule has 1 N–H and O–H groups in total. The lowest BCUT2D eigenvalue weighted by atomic mass is 9.90. The second-order valence-electron chi connectivity index (χ2n) is 5.97. The summed E-state index contributed by atoms with van der Waals surface area (Å²) < 4.78 is 0. The van der Waals surface area contributed by atoms with Gasteiger partial charge in [-0.1, -0.05) is 17.7 Å². The number of fused-ring (bicyclic) bond motifs is 1. The van der Waals surface area contributed by atoms with E-state index in [9.17, 15) is 9.90 Å². The SMILES string of the molecule is Cc1ccc(Cl)c2ccc(N3CCC(C)(C(=O)O)C3)nc12. The molecule has 1 fully saturated rings. The van der Waals surface area contributed by atoms with Crippen LogP contribution in [0.2, 0.25) is 5.02 Å². The Morgan fingerprint density at radius 1 is 1.38 bits per heavy atom. The predicted molar refractivity (Wildman–Crippen MR) is 84.1 cm³/mol. The van der Waals surface area contributed by atoms with Gasteiger partial charge in [0, 0.05) is 23.5 Å². The number of hydrogen-bond acceptors (Lipinski definition) is 3. The summed E-state index contributed by atoms with van der Waals surface area (Å²) in [5.74, 6) is 0.0721. The van der Waals surface area contributed by atoms with E-state index in [4.69, 9.17) is 16.6 Å². The molecule has 2 aromatic rings. The van der Waals surface area contributed by atoms with Crippen LogP contribution in [-0.4, -0.2) is 29.1 Å². The molecule has 0 saturated carbocycles. The van der Waals surface area contributed by atoms with Crippen LogP contribution < -0.4 is 4.90 Å². The average Bonchev–Trinajstić information content (AvgIpc) is 2.87. The van der Waals surface area contributed by atoms with Crippen molar-refractivity contribution in [2.24, 2.45) is 5.41 Å². The topological polar surface area (TPSA) is 53.4 Å². The smallest absolute Gasteiger partial charge is 0.311 e. The number of carboxylic acid groups (broad SMARTS) is 1. The third-order valence-corrected chi connectivity index (χ3v) is 4.63. The molecule has 110 valence electrons. The number of aromatic nitrogens is 1. The van der Waals surface area contributed by atoms with Crippen molar-refractivity contribution in [1.29, 1.82) is 0 Å². The fourth-order valence-corrected chi connectivity index (χ4v) is 3.03. The summed E-state index contributed by atoms with van der Waals surface area (Å²) in [7, 11) is 0. The van der Waals surface area contributed by atoms with Crippen molar-refractivity contribution < 1.29 is 9.90 Å². The van der Waals surface area contributed by atoms with Crippen molar-refractivity contribution in [3.05, 3.63) is 34.9 Å². The highest BCUT2D eigenvalue weighted by Gasteiger charge is 2.40. The van der Waals surface area contributed by atoms with Crippen LogP contribution in [0.5, 0.6) is 0 Å². The summed E-state index contributed by atoms with van der Waals surface area (Å²) in [5, 5.41) is 10.9. The molecule has 21 heavy (non-hydrogen) atoms. The Balaban J connectivity index is 2.00. The molecule has 1 aliphatic heterocycles. The first-order chi connectivity index (χ1) is 9.90. The lowest BCUT2D eigenvalue weighted by Gasteiger charge is -2.21. The first-order valence-corrected chi connectivity index (χ1v) is 7.33. The van der Waals surface area contributed by atoms with E-state index in [-0.39, 0.29) is 0 Å². The third-order valence-electron chi connectivity index (χ3n) is 4.30. The third kappa shape index (κ3) is 2.33. The molecule has 0 bridgehead atoms. The summed E-state index contributed by atoms with van der Waals surface area (Å²) in [6, 6.07) is 7.70. The van der Waals surface area contributed by atoms with Gasteiger partial charge in [-0.15, -0.1) is 0 Å². The van der Waals surface area contributed by atoms with E-state index >= 15 is 0 Å². The van der Waals surface area contributed by atoms with Crippen LogP contribution in [-0.2, 0) is 4.79 Å². The Hall–Kier alpha value is -1.81. The van der Waals surface area contributed by atoms with Gasteiger partial charge in [0.25, 0.3) is 0 Å². The summed E-state index contributed by atoms with van der Waals surface area (Å²) in [6.45, 7) is 4.99. The molecule has 1 aliphatic rings. The molecule has 2 heterocycles. The molecule has 1 aromatic carbocycles. The van der Waals surface area contributed by atoms with Gasteiger partial charge < -0.3 is 10.0 Å². The van der Waals surface area contributed by atoms with Gasteiger partial charge >= 0.3 is 5.97 Å². The number of carbonyl (C=O) groups is 1. The maximum absolute atomic E-state index is 11.3. The number of anilines is 1. The van der Waals surface area contributed by atoms with Gasteiger partial charge in [-0.2, -0.15) is 0 Å². The zero-order valence-electron chi connectivity index (χ0n) is 12.1. The number of aliphatic carboxylic acids is 1. The number of rotatable bonds is 2. The van der Waals surface area contributed by atoms with Gasteiger partial charge in [0.1, 0.15) is 5.82 Å². The highest BCUT2D eigenvalue weighted by atomic mass is 35.5. The number of carboxylic acids is 1. The number of nitrogens with zero attached hydrogens (tertiary/aromatic N) is 2. The highest BCUT2D eigenvalue weighted by Crippen LogP contribution is 2.34. The maximum Gasteiger partial charge on any atom is 0.311 e. The van der Waals surface area contributed by atoms with Crippen molar-refractivity contribution in [2.45, 2.75) is 20.3 Å². The van der Waals surface area contributed by atoms with Crippen LogP contribution >= 0.6 is 11.6 Å². The predicted octanol–water partition coefficient (Wildman–Crippen LogP) is 3.50. The molecule has 0 spiro atoms. The van der Waals surface area contributed by atoms with Crippen LogP contribution in [0.15, 0.2) is 24.3 Å². The minimum atomic E-state index is -0.745. The fraction of sp³-hybridized carbons (Fsp3) is 0.375. The number of pyridine rings is 1. The van der Waals surface area contributed by atoms with E-state index in [1.807, 2.05) is 36.1 Å². The van der Waals surface area contributed by atoms with Crippen molar-refractivity contribution in [2.75, 3.05) is 18.0 Å². The molecule has 0 amide bonds. The van der Waals surface area contributed by atoms with Gasteiger partial charge in [0.15, 0.2) is 0 Å². The van der Waals surface area contributed by atoms with Crippen LogP contribution in [0.1, 0.15) is 18.9 Å². The van der Waals surface area contributed by atoms with Crippen molar-refractivity contribution in [3.8, 4) is 0 Å². The van der Waals surface area contributed by atoms with Crippen molar-refractivity contribution >= 4 is 34.3 Å². The van der Waals surface area contributed by atoms with E-state index in [0.717, 1.165) is 22.3 Å². The maximum atomic E-state index is 11.3. The Morgan fingerprint density at radius 3 is 2.81 bits per heavy atom. The number of benzene rings is 1. The quantitative estimate of drug-likeness (QED) is 0.922. The Bertz CT molecular complexity index is 732. The normalized spacial score (nSPS) is 22.0. The molecule has 5 heteroatoms. The van der Waals surface area contributed by atoms with Gasteiger partial charge in [-0.25, -0.2) is 4.98 Å². The van der Waals surface area contributed by atoms with Crippen molar-refractivity contribution in [3.63, 3.8) is 0 Å². The van der Waals surface area contributed by atoms with Gasteiger partial charge in [-0.3, -0.25) is 4.79 Å². The van der Waals surface area contributed by atoms with Crippen LogP contribution in [0.4, 0.5) is 5.82 Å². The second-order valence-corrected chi connectivity index (χ2v) is 6.37. The fourth-order valence-electron chi connectivity index (χ4n) is 2.82. The minimum absolute atomic E-state index is 0.487. The van der Waals surface area contributed by atoms with E-state index in [0.29, 0.717) is 24.5 Å². The van der Waals surface area contributed by atoms with E-state index in [1.54, 1.807) is 6.92 Å². The average molecular weight is 305 g/mol. The van der Waals surface area contributed by atoms with E-state index in [2.05, 4.69) is 0 Å². The van der Waals surface area contributed by atoms with Crippen molar-refractivity contribution in [1.82, 2.24) is 4.98 Å². The summed E-state index contributed by atoms with van der Waals surface area (Å²) in [6.07, 6.45) is 0.635. The zero-order chi connectivity index (χ0) is 15.2. The molecule has 1 atom stereocenters. The largest absolute Gasteiger partial charge is 0.481 e. The number of halogens is 1. The van der Waals surface area contributed by atoms with Crippen LogP contribution in [0.3, 0.4) is 0 Å². The van der Waals surface area contributed by atoms with E-state index < -0.39 is 11.4 Å². The second kappa shape index (κ2) is 4.88. The van der Waals surface area contributed by atoms with Crippen LogP contribution in [0, 0.1) is 12.3 Å². The molecule has 0 aliphatic carbocycles. The molecule has 1 aromatic heterocycles. The van der Waals surface area contributed by atoms with Gasteiger partial charge in [-0.05, 0) is 44.0 Å². The molecule has 1 unspecified atom stereocenters. The first kappa shape index (κ1) is 14.1. The molecule has 3 rings (SSSR count). The lowest BCUT2D eigenvalue weighted by Crippen LogP contribution is -2.31. The Morgan fingerprint density at radius 2 is 2.14 bits per heavy atom. The molecular weight excluding hydrogens is 288 g/mol. The summed E-state index contributed by atoms with van der Waals surface area (Å²) in [4.78, 5) is 18.1. The molecule has 4 nitrogen and oxygen atoms in total. The summed E-state index contributed by atoms with van der Waals surface area (Å²) in [5.41, 5.74) is 1.25. The number of hydrogen-bond donors (Lipinski definition) is 1. The lowest BCUT2D eigenvalue weighted by molar-refractivity contribution is -0.146. The first-order valence-electron chi connectivity index (χ1n) is 6.95. The Kier molecular flexibility index (Phi) is 3.29. The highest BCUT2D eigenvalue weighted by molar-refractivity contribution is 6.35.